The molecule has 3 aromatic rings. The number of aromatic nitrogens is 1. The van der Waals surface area contributed by atoms with Crippen LogP contribution in [0.2, 0.25) is 0 Å². The van der Waals surface area contributed by atoms with Crippen LogP contribution in [0.3, 0.4) is 0 Å². The Balaban J connectivity index is 1.83. The Kier molecular flexibility index (Phi) is 4.78. The molecule has 4 heteroatoms. The van der Waals surface area contributed by atoms with Crippen LogP contribution in [0.25, 0.3) is 22.6 Å². The van der Waals surface area contributed by atoms with Gasteiger partial charge in [-0.3, -0.25) is 4.79 Å². The maximum absolute atomic E-state index is 12.8. The number of carbonyl (C=O) groups excluding carboxylic acids is 2. The van der Waals surface area contributed by atoms with Gasteiger partial charge in [0.05, 0.1) is 16.8 Å². The number of nitrogens with zero attached hydrogens (tertiary/aromatic N) is 1. The standard InChI is InChI=1S/C24H21NO3/c1-15-7-9-17(10-8-15)13-18-11-12-20-22(24(27)28-14-16(2)26)19-5-3-4-6-21(19)25-23(18)20/h3-10,13H,11-12,14H2,1-2H3. The fourth-order valence-corrected chi connectivity index (χ4v) is 3.62. The summed E-state index contributed by atoms with van der Waals surface area (Å²) in [4.78, 5) is 28.9. The first-order chi connectivity index (χ1) is 13.5. The second kappa shape index (κ2) is 7.39. The molecular formula is C24H21NO3. The van der Waals surface area contributed by atoms with Crippen LogP contribution >= 0.6 is 0 Å². The average molecular weight is 371 g/mol. The van der Waals surface area contributed by atoms with Crippen LogP contribution < -0.4 is 0 Å². The molecule has 0 atom stereocenters. The highest BCUT2D eigenvalue weighted by molar-refractivity contribution is 6.07. The van der Waals surface area contributed by atoms with E-state index in [9.17, 15) is 9.59 Å². The Morgan fingerprint density at radius 2 is 1.82 bits per heavy atom. The Hall–Kier alpha value is -3.27. The molecule has 140 valence electrons. The lowest BCUT2D eigenvalue weighted by Gasteiger charge is -2.12. The largest absolute Gasteiger partial charge is 0.454 e. The first kappa shape index (κ1) is 18.1. The molecule has 0 aliphatic heterocycles. The number of hydrogen-bond acceptors (Lipinski definition) is 4. The van der Waals surface area contributed by atoms with Crippen molar-refractivity contribution < 1.29 is 14.3 Å². The van der Waals surface area contributed by atoms with Crippen molar-refractivity contribution in [2.45, 2.75) is 26.7 Å². The zero-order valence-corrected chi connectivity index (χ0v) is 16.0. The minimum absolute atomic E-state index is 0.177. The normalized spacial score (nSPS) is 14.3. The number of allylic oxidation sites excluding steroid dienone is 1. The van der Waals surface area contributed by atoms with E-state index in [2.05, 4.69) is 37.3 Å². The summed E-state index contributed by atoms with van der Waals surface area (Å²) >= 11 is 0. The Labute approximate surface area is 163 Å². The monoisotopic (exact) mass is 371 g/mol. The van der Waals surface area contributed by atoms with Gasteiger partial charge in [0, 0.05) is 5.39 Å². The number of para-hydroxylation sites is 1. The van der Waals surface area contributed by atoms with Crippen LogP contribution in [0.15, 0.2) is 48.5 Å². The molecular weight excluding hydrogens is 350 g/mol. The molecule has 1 aromatic heterocycles. The molecule has 4 nitrogen and oxygen atoms in total. The molecule has 0 saturated heterocycles. The number of rotatable bonds is 4. The van der Waals surface area contributed by atoms with Gasteiger partial charge in [-0.2, -0.15) is 0 Å². The Morgan fingerprint density at radius 1 is 1.07 bits per heavy atom. The SMILES string of the molecule is CC(=O)COC(=O)c1c2c(nc3ccccc13)C(=Cc1ccc(C)cc1)CC2. The molecule has 28 heavy (non-hydrogen) atoms. The zero-order chi connectivity index (χ0) is 19.7. The van der Waals surface area contributed by atoms with E-state index in [1.54, 1.807) is 0 Å². The van der Waals surface area contributed by atoms with Crippen LogP contribution in [0.4, 0.5) is 0 Å². The Bertz CT molecular complexity index is 1110. The van der Waals surface area contributed by atoms with Crippen molar-refractivity contribution in [1.29, 1.82) is 0 Å². The number of ketones is 1. The number of esters is 1. The quantitative estimate of drug-likeness (QED) is 0.620. The van der Waals surface area contributed by atoms with Gasteiger partial charge < -0.3 is 4.74 Å². The lowest BCUT2D eigenvalue weighted by molar-refractivity contribution is -0.120. The van der Waals surface area contributed by atoms with Gasteiger partial charge in [-0.05, 0) is 55.5 Å². The molecule has 0 radical (unpaired) electrons. The number of fused-ring (bicyclic) bond motifs is 2. The second-order valence-corrected chi connectivity index (χ2v) is 7.19. The van der Waals surface area contributed by atoms with Crippen LogP contribution in [0, 0.1) is 6.92 Å². The van der Waals surface area contributed by atoms with Crippen LogP contribution in [-0.2, 0) is 16.0 Å². The molecule has 0 unspecified atom stereocenters. The highest BCUT2D eigenvalue weighted by atomic mass is 16.5. The van der Waals surface area contributed by atoms with E-state index in [1.165, 1.54) is 12.5 Å². The minimum atomic E-state index is -0.457. The number of hydrogen-bond donors (Lipinski definition) is 0. The molecule has 0 saturated carbocycles. The van der Waals surface area contributed by atoms with E-state index in [4.69, 9.17) is 9.72 Å². The molecule has 4 rings (SSSR count). The van der Waals surface area contributed by atoms with Crippen LogP contribution in [0.5, 0.6) is 0 Å². The summed E-state index contributed by atoms with van der Waals surface area (Å²) in [6.45, 7) is 3.26. The van der Waals surface area contributed by atoms with Gasteiger partial charge >= 0.3 is 5.97 Å². The first-order valence-electron chi connectivity index (χ1n) is 9.38. The lowest BCUT2D eigenvalue weighted by atomic mass is 10.0. The van der Waals surface area contributed by atoms with Gasteiger partial charge in [0.15, 0.2) is 5.78 Å². The topological polar surface area (TPSA) is 56.3 Å². The average Bonchev–Trinajstić information content (AvgIpc) is 3.08. The highest BCUT2D eigenvalue weighted by Crippen LogP contribution is 2.37. The Morgan fingerprint density at radius 3 is 2.57 bits per heavy atom. The lowest BCUT2D eigenvalue weighted by Crippen LogP contribution is -2.14. The summed E-state index contributed by atoms with van der Waals surface area (Å²) in [7, 11) is 0. The third kappa shape index (κ3) is 3.46. The van der Waals surface area contributed by atoms with Gasteiger partial charge in [-0.1, -0.05) is 48.0 Å². The number of ether oxygens (including phenoxy) is 1. The number of aryl methyl sites for hydroxylation is 1. The fourth-order valence-electron chi connectivity index (χ4n) is 3.62. The maximum Gasteiger partial charge on any atom is 0.339 e. The van der Waals surface area contributed by atoms with Crippen molar-refractivity contribution in [2.75, 3.05) is 6.61 Å². The third-order valence-electron chi connectivity index (χ3n) is 4.97. The summed E-state index contributed by atoms with van der Waals surface area (Å²) in [5, 5.41) is 0.770. The molecule has 0 spiro atoms. The van der Waals surface area contributed by atoms with Crippen LogP contribution in [-0.4, -0.2) is 23.3 Å². The third-order valence-corrected chi connectivity index (χ3v) is 4.97. The number of carbonyl (C=O) groups is 2. The molecule has 0 fully saturated rings. The van der Waals surface area contributed by atoms with E-state index in [0.29, 0.717) is 5.56 Å². The molecule has 2 aromatic carbocycles. The predicted molar refractivity (Wildman–Crippen MR) is 110 cm³/mol. The van der Waals surface area contributed by atoms with Crippen LogP contribution in [0.1, 0.15) is 46.1 Å². The molecule has 0 N–H and O–H groups in total. The number of pyridine rings is 1. The molecule has 1 heterocycles. The van der Waals surface area contributed by atoms with E-state index >= 15 is 0 Å². The maximum atomic E-state index is 12.8. The predicted octanol–water partition coefficient (Wildman–Crippen LogP) is 4.78. The van der Waals surface area contributed by atoms with Gasteiger partial charge in [-0.25, -0.2) is 9.78 Å². The van der Waals surface area contributed by atoms with Crippen molar-refractivity contribution in [3.05, 3.63) is 76.5 Å². The summed E-state index contributed by atoms with van der Waals surface area (Å²) in [5.41, 5.74) is 6.50. The summed E-state index contributed by atoms with van der Waals surface area (Å²) in [6.07, 6.45) is 3.69. The van der Waals surface area contributed by atoms with Gasteiger partial charge in [0.25, 0.3) is 0 Å². The number of benzene rings is 2. The van der Waals surface area contributed by atoms with Crippen molar-refractivity contribution >= 4 is 34.3 Å². The van der Waals surface area contributed by atoms with Gasteiger partial charge in [0.2, 0.25) is 0 Å². The summed E-state index contributed by atoms with van der Waals surface area (Å²) in [6, 6.07) is 15.9. The van der Waals surface area contributed by atoms with Gasteiger partial charge in [0.1, 0.15) is 6.61 Å². The van der Waals surface area contributed by atoms with Crippen molar-refractivity contribution in [3.8, 4) is 0 Å². The molecule has 0 bridgehead atoms. The smallest absolute Gasteiger partial charge is 0.339 e. The second-order valence-electron chi connectivity index (χ2n) is 7.19. The van der Waals surface area contributed by atoms with E-state index in [0.717, 1.165) is 46.1 Å². The van der Waals surface area contributed by atoms with E-state index in [-0.39, 0.29) is 12.4 Å². The summed E-state index contributed by atoms with van der Waals surface area (Å²) in [5.74, 6) is -0.634. The van der Waals surface area contributed by atoms with Crippen molar-refractivity contribution in [2.24, 2.45) is 0 Å². The van der Waals surface area contributed by atoms with Gasteiger partial charge in [-0.15, -0.1) is 0 Å². The number of Topliss-reactive ketones (excluding diaryl/α,β-unsaturated/α-hetero) is 1. The van der Waals surface area contributed by atoms with Crippen molar-refractivity contribution in [3.63, 3.8) is 0 Å². The zero-order valence-electron chi connectivity index (χ0n) is 16.0. The summed E-state index contributed by atoms with van der Waals surface area (Å²) < 4.78 is 5.25. The molecule has 1 aliphatic carbocycles. The first-order valence-corrected chi connectivity index (χ1v) is 9.38. The highest BCUT2D eigenvalue weighted by Gasteiger charge is 2.27. The fraction of sp³-hybridized carbons (Fsp3) is 0.208. The molecule has 0 amide bonds. The van der Waals surface area contributed by atoms with E-state index < -0.39 is 5.97 Å². The minimum Gasteiger partial charge on any atom is -0.454 e. The van der Waals surface area contributed by atoms with Crippen molar-refractivity contribution in [1.82, 2.24) is 4.98 Å². The van der Waals surface area contributed by atoms with E-state index in [1.807, 2.05) is 24.3 Å². The molecule has 1 aliphatic rings.